The van der Waals surface area contributed by atoms with Crippen molar-refractivity contribution in [2.45, 2.75) is 72.8 Å². The highest BCUT2D eigenvalue weighted by atomic mass is 15.1. The molecule has 160 valence electrons. The molecule has 0 unspecified atom stereocenters. The fraction of sp³-hybridized carbons (Fsp3) is 0.500. The van der Waals surface area contributed by atoms with Gasteiger partial charge in [0.2, 0.25) is 0 Å². The number of aromatic nitrogens is 2. The number of fused-ring (bicyclic) bond motifs is 1. The number of pyridine rings is 1. The smallest absolute Gasteiger partial charge is 0.147 e. The van der Waals surface area contributed by atoms with E-state index in [1.54, 1.807) is 0 Å². The zero-order chi connectivity index (χ0) is 21.3. The molecule has 0 atom stereocenters. The first kappa shape index (κ1) is 20.9. The summed E-state index contributed by atoms with van der Waals surface area (Å²) in [5.74, 6) is 0. The molecular weight excluding hydrogens is 368 g/mol. The first-order valence-electron chi connectivity index (χ1n) is 11.5. The molecule has 2 heterocycles. The second-order valence-corrected chi connectivity index (χ2v) is 9.13. The minimum atomic E-state index is 0.704. The van der Waals surface area contributed by atoms with Crippen molar-refractivity contribution in [1.29, 1.82) is 0 Å². The molecule has 4 nitrogen and oxygen atoms in total. The molecule has 0 radical (unpaired) electrons. The molecule has 0 bridgehead atoms. The van der Waals surface area contributed by atoms with Gasteiger partial charge in [-0.25, -0.2) is 4.98 Å². The molecule has 2 N–H and O–H groups in total. The van der Waals surface area contributed by atoms with E-state index in [4.69, 9.17) is 4.98 Å². The molecule has 1 aromatic carbocycles. The highest BCUT2D eigenvalue weighted by Crippen LogP contribution is 2.32. The maximum absolute atomic E-state index is 4.95. The molecule has 0 saturated heterocycles. The van der Waals surface area contributed by atoms with Gasteiger partial charge in [0.25, 0.3) is 0 Å². The molecule has 0 spiro atoms. The molecule has 1 saturated carbocycles. The van der Waals surface area contributed by atoms with Crippen LogP contribution in [-0.4, -0.2) is 28.7 Å². The number of aryl methyl sites for hydroxylation is 5. The monoisotopic (exact) mass is 404 g/mol. The van der Waals surface area contributed by atoms with Gasteiger partial charge in [0.05, 0.1) is 5.69 Å². The Labute approximate surface area is 181 Å². The van der Waals surface area contributed by atoms with Crippen molar-refractivity contribution >= 4 is 16.7 Å². The fourth-order valence-corrected chi connectivity index (χ4v) is 5.15. The van der Waals surface area contributed by atoms with Gasteiger partial charge >= 0.3 is 0 Å². The molecule has 2 aromatic heterocycles. The summed E-state index contributed by atoms with van der Waals surface area (Å²) in [5, 5.41) is 8.62. The predicted molar refractivity (Wildman–Crippen MR) is 128 cm³/mol. The molecule has 1 fully saturated rings. The van der Waals surface area contributed by atoms with Crippen molar-refractivity contribution in [3.8, 4) is 5.69 Å². The third kappa shape index (κ3) is 4.24. The van der Waals surface area contributed by atoms with E-state index in [-0.39, 0.29) is 0 Å². The summed E-state index contributed by atoms with van der Waals surface area (Å²) in [6.45, 7) is 12.8. The van der Waals surface area contributed by atoms with Gasteiger partial charge in [-0.2, -0.15) is 0 Å². The van der Waals surface area contributed by atoms with E-state index in [1.807, 2.05) is 0 Å². The van der Waals surface area contributed by atoms with Gasteiger partial charge in [0, 0.05) is 41.6 Å². The molecule has 30 heavy (non-hydrogen) atoms. The van der Waals surface area contributed by atoms with Crippen LogP contribution in [0.4, 0.5) is 5.69 Å². The van der Waals surface area contributed by atoms with Crippen LogP contribution in [0.3, 0.4) is 0 Å². The molecule has 0 amide bonds. The zero-order valence-corrected chi connectivity index (χ0v) is 19.2. The second-order valence-electron chi connectivity index (χ2n) is 9.13. The van der Waals surface area contributed by atoms with E-state index < -0.39 is 0 Å². The Bertz CT molecular complexity index is 1020. The van der Waals surface area contributed by atoms with Crippen molar-refractivity contribution in [2.24, 2.45) is 0 Å². The summed E-state index contributed by atoms with van der Waals surface area (Å²) in [4.78, 5) is 4.95. The lowest BCUT2D eigenvalue weighted by Gasteiger charge is -2.23. The maximum atomic E-state index is 4.95. The first-order chi connectivity index (χ1) is 14.4. The lowest BCUT2D eigenvalue weighted by molar-refractivity contribution is 0.378. The molecule has 4 heteroatoms. The third-order valence-electron chi connectivity index (χ3n) is 6.42. The van der Waals surface area contributed by atoms with Gasteiger partial charge in [-0.05, 0) is 70.7 Å². The van der Waals surface area contributed by atoms with Crippen LogP contribution in [0.25, 0.3) is 16.7 Å². The van der Waals surface area contributed by atoms with Crippen LogP contribution in [0.15, 0.2) is 24.3 Å². The van der Waals surface area contributed by atoms with Gasteiger partial charge < -0.3 is 10.6 Å². The Balaban J connectivity index is 1.61. The summed E-state index contributed by atoms with van der Waals surface area (Å²) >= 11 is 0. The zero-order valence-electron chi connectivity index (χ0n) is 19.2. The summed E-state index contributed by atoms with van der Waals surface area (Å²) in [6.07, 6.45) is 6.81. The Morgan fingerprint density at radius 2 is 1.60 bits per heavy atom. The number of anilines is 1. The lowest BCUT2D eigenvalue weighted by atomic mass is 9.95. The average molecular weight is 405 g/mol. The van der Waals surface area contributed by atoms with Crippen molar-refractivity contribution in [3.63, 3.8) is 0 Å². The SMILES string of the molecule is Cc1cc(C)c(-n2c(C)cc3c(NCCNC4CCCCC4)cc(C)nc32)c(C)c1. The number of hydrogen-bond donors (Lipinski definition) is 2. The van der Waals surface area contributed by atoms with Crippen LogP contribution in [0.5, 0.6) is 0 Å². The molecule has 0 aliphatic heterocycles. The van der Waals surface area contributed by atoms with Crippen LogP contribution < -0.4 is 10.6 Å². The molecule has 4 rings (SSSR count). The standard InChI is InChI=1S/C26H36N4/c1-17-13-18(2)25(19(3)14-17)30-21(5)16-23-24(15-20(4)29-26(23)30)28-12-11-27-22-9-7-6-8-10-22/h13-16,22,27H,6-12H2,1-5H3,(H,28,29). The van der Waals surface area contributed by atoms with E-state index in [0.29, 0.717) is 6.04 Å². The van der Waals surface area contributed by atoms with Gasteiger partial charge in [-0.3, -0.25) is 4.57 Å². The summed E-state index contributed by atoms with van der Waals surface area (Å²) in [7, 11) is 0. The van der Waals surface area contributed by atoms with Gasteiger partial charge in [0.1, 0.15) is 5.65 Å². The van der Waals surface area contributed by atoms with Crippen LogP contribution in [0.2, 0.25) is 0 Å². The first-order valence-corrected chi connectivity index (χ1v) is 11.5. The molecule has 1 aliphatic rings. The number of nitrogens with zero attached hydrogens (tertiary/aromatic N) is 2. The van der Waals surface area contributed by atoms with Crippen molar-refractivity contribution in [2.75, 3.05) is 18.4 Å². The summed E-state index contributed by atoms with van der Waals surface area (Å²) in [5.41, 5.74) is 9.66. The van der Waals surface area contributed by atoms with Crippen molar-refractivity contribution in [3.05, 3.63) is 52.3 Å². The van der Waals surface area contributed by atoms with E-state index >= 15 is 0 Å². The number of hydrogen-bond acceptors (Lipinski definition) is 3. The minimum Gasteiger partial charge on any atom is -0.383 e. The lowest BCUT2D eigenvalue weighted by Crippen LogP contribution is -2.34. The normalized spacial score (nSPS) is 15.1. The Morgan fingerprint density at radius 1 is 0.900 bits per heavy atom. The van der Waals surface area contributed by atoms with Crippen LogP contribution >= 0.6 is 0 Å². The van der Waals surface area contributed by atoms with E-state index in [1.165, 1.54) is 71.2 Å². The van der Waals surface area contributed by atoms with Crippen molar-refractivity contribution in [1.82, 2.24) is 14.9 Å². The Kier molecular flexibility index (Phi) is 6.14. The van der Waals surface area contributed by atoms with Gasteiger partial charge in [-0.15, -0.1) is 0 Å². The van der Waals surface area contributed by atoms with E-state index in [0.717, 1.165) is 24.4 Å². The molecular formula is C26H36N4. The van der Waals surface area contributed by atoms with Crippen LogP contribution in [-0.2, 0) is 0 Å². The second kappa shape index (κ2) is 8.81. The van der Waals surface area contributed by atoms with Crippen molar-refractivity contribution < 1.29 is 0 Å². The average Bonchev–Trinajstić information content (AvgIpc) is 3.01. The number of benzene rings is 1. The van der Waals surface area contributed by atoms with Crippen LogP contribution in [0, 0.1) is 34.6 Å². The predicted octanol–water partition coefficient (Wildman–Crippen LogP) is 5.90. The van der Waals surface area contributed by atoms with E-state index in [2.05, 4.69) is 74.1 Å². The molecule has 1 aliphatic carbocycles. The third-order valence-corrected chi connectivity index (χ3v) is 6.42. The topological polar surface area (TPSA) is 41.9 Å². The molecule has 3 aromatic rings. The largest absolute Gasteiger partial charge is 0.383 e. The number of nitrogens with one attached hydrogen (secondary N) is 2. The summed E-state index contributed by atoms with van der Waals surface area (Å²) in [6, 6.07) is 9.69. The highest BCUT2D eigenvalue weighted by molar-refractivity contribution is 5.92. The number of rotatable bonds is 6. The van der Waals surface area contributed by atoms with Crippen LogP contribution in [0.1, 0.15) is 60.2 Å². The van der Waals surface area contributed by atoms with Gasteiger partial charge in [-0.1, -0.05) is 37.0 Å². The Morgan fingerprint density at radius 3 is 2.30 bits per heavy atom. The summed E-state index contributed by atoms with van der Waals surface area (Å²) < 4.78 is 2.33. The Hall–Kier alpha value is -2.33. The maximum Gasteiger partial charge on any atom is 0.147 e. The quantitative estimate of drug-likeness (QED) is 0.503. The minimum absolute atomic E-state index is 0.704. The van der Waals surface area contributed by atoms with Gasteiger partial charge in [0.15, 0.2) is 0 Å². The van der Waals surface area contributed by atoms with E-state index in [9.17, 15) is 0 Å². The fourth-order valence-electron chi connectivity index (χ4n) is 5.15. The highest BCUT2D eigenvalue weighted by Gasteiger charge is 2.17.